The van der Waals surface area contributed by atoms with Crippen molar-refractivity contribution in [2.75, 3.05) is 5.32 Å². The first-order chi connectivity index (χ1) is 7.66. The molecule has 4 heteroatoms. The van der Waals surface area contributed by atoms with Gasteiger partial charge in [0.1, 0.15) is 5.82 Å². The van der Waals surface area contributed by atoms with Gasteiger partial charge in [-0.2, -0.15) is 0 Å². The minimum atomic E-state index is 0.253. The van der Waals surface area contributed by atoms with Gasteiger partial charge in [0, 0.05) is 18.3 Å². The van der Waals surface area contributed by atoms with Crippen LogP contribution in [-0.4, -0.2) is 17.1 Å². The van der Waals surface area contributed by atoms with Gasteiger partial charge >= 0.3 is 0 Å². The Labute approximate surface area is 105 Å². The highest BCUT2D eigenvalue weighted by Crippen LogP contribution is 2.25. The molecule has 2 atom stereocenters. The Bertz CT molecular complexity index is 367. The molecule has 0 spiro atoms. The minimum absolute atomic E-state index is 0.253. The highest BCUT2D eigenvalue weighted by Gasteiger charge is 2.22. The zero-order valence-corrected chi connectivity index (χ0v) is 11.1. The van der Waals surface area contributed by atoms with Crippen LogP contribution in [-0.2, 0) is 0 Å². The van der Waals surface area contributed by atoms with Gasteiger partial charge in [-0.1, -0.05) is 12.8 Å². The molecule has 0 aliphatic heterocycles. The molecule has 0 amide bonds. The topological polar surface area (TPSA) is 50.9 Å². The number of nitrogens with zero attached hydrogens (tertiary/aromatic N) is 1. The number of nitrogens with one attached hydrogen (secondary N) is 1. The number of anilines is 1. The lowest BCUT2D eigenvalue weighted by molar-refractivity contribution is 0.403. The van der Waals surface area contributed by atoms with E-state index >= 15 is 0 Å². The number of nitrogens with two attached hydrogens (primary N) is 1. The predicted octanol–water partition coefficient (Wildman–Crippen LogP) is 2.83. The first kappa shape index (κ1) is 11.9. The van der Waals surface area contributed by atoms with Crippen LogP contribution in [0.2, 0.25) is 0 Å². The molecule has 0 unspecified atom stereocenters. The predicted molar refractivity (Wildman–Crippen MR) is 70.5 cm³/mol. The van der Waals surface area contributed by atoms with Crippen molar-refractivity contribution in [2.45, 2.75) is 44.7 Å². The summed E-state index contributed by atoms with van der Waals surface area (Å²) in [5, 5.41) is 3.44. The van der Waals surface area contributed by atoms with Crippen molar-refractivity contribution in [2.24, 2.45) is 5.73 Å². The first-order valence-corrected chi connectivity index (χ1v) is 6.60. The van der Waals surface area contributed by atoms with Crippen molar-refractivity contribution < 1.29 is 0 Å². The number of hydrogen-bond donors (Lipinski definition) is 2. The Hall–Kier alpha value is -0.610. The van der Waals surface area contributed by atoms with E-state index in [1.54, 1.807) is 0 Å². The normalized spacial score (nSPS) is 25.4. The quantitative estimate of drug-likeness (QED) is 0.878. The molecule has 1 aromatic rings. The number of aryl methyl sites for hydroxylation is 1. The summed E-state index contributed by atoms with van der Waals surface area (Å²) in [6.45, 7) is 2.04. The van der Waals surface area contributed by atoms with Crippen molar-refractivity contribution >= 4 is 21.7 Å². The number of aromatic nitrogens is 1. The summed E-state index contributed by atoms with van der Waals surface area (Å²) in [7, 11) is 0. The zero-order valence-electron chi connectivity index (χ0n) is 9.54. The molecule has 1 heterocycles. The van der Waals surface area contributed by atoms with Crippen molar-refractivity contribution in [3.05, 3.63) is 22.3 Å². The third kappa shape index (κ3) is 2.74. The third-order valence-electron chi connectivity index (χ3n) is 3.12. The lowest BCUT2D eigenvalue weighted by Crippen LogP contribution is -2.42. The largest absolute Gasteiger partial charge is 0.365 e. The Morgan fingerprint density at radius 2 is 2.19 bits per heavy atom. The summed E-state index contributed by atoms with van der Waals surface area (Å²) in [4.78, 5) is 4.39. The molecule has 2 rings (SSSR count). The fourth-order valence-corrected chi connectivity index (χ4v) is 2.73. The molecule has 3 nitrogen and oxygen atoms in total. The number of halogens is 1. The second kappa shape index (κ2) is 5.15. The highest BCUT2D eigenvalue weighted by atomic mass is 79.9. The molecule has 0 saturated heterocycles. The number of rotatable bonds is 2. The maximum Gasteiger partial charge on any atom is 0.140 e. The average Bonchev–Trinajstić information content (AvgIpc) is 2.25. The van der Waals surface area contributed by atoms with Gasteiger partial charge in [0.05, 0.1) is 4.47 Å². The fraction of sp³-hybridized carbons (Fsp3) is 0.583. The summed E-state index contributed by atoms with van der Waals surface area (Å²) in [6, 6.07) is 2.69. The van der Waals surface area contributed by atoms with Crippen LogP contribution >= 0.6 is 15.9 Å². The number of pyridine rings is 1. The molecule has 0 bridgehead atoms. The van der Waals surface area contributed by atoms with E-state index < -0.39 is 0 Å². The van der Waals surface area contributed by atoms with E-state index in [0.717, 1.165) is 28.7 Å². The molecule has 0 aromatic carbocycles. The molecule has 88 valence electrons. The van der Waals surface area contributed by atoms with Gasteiger partial charge in [-0.05, 0) is 47.3 Å². The van der Waals surface area contributed by atoms with Gasteiger partial charge in [-0.3, -0.25) is 0 Å². The van der Waals surface area contributed by atoms with Gasteiger partial charge in [0.2, 0.25) is 0 Å². The second-order valence-corrected chi connectivity index (χ2v) is 5.40. The van der Waals surface area contributed by atoms with Crippen LogP contribution in [0, 0.1) is 6.92 Å². The lowest BCUT2D eigenvalue weighted by Gasteiger charge is -2.30. The lowest BCUT2D eigenvalue weighted by atomic mass is 9.91. The molecule has 1 aromatic heterocycles. The van der Waals surface area contributed by atoms with Gasteiger partial charge < -0.3 is 11.1 Å². The molecule has 1 saturated carbocycles. The Morgan fingerprint density at radius 1 is 1.44 bits per heavy atom. The van der Waals surface area contributed by atoms with E-state index in [0.29, 0.717) is 6.04 Å². The monoisotopic (exact) mass is 283 g/mol. The Kier molecular flexibility index (Phi) is 3.82. The highest BCUT2D eigenvalue weighted by molar-refractivity contribution is 9.10. The maximum atomic E-state index is 6.10. The molecule has 3 N–H and O–H groups in total. The smallest absolute Gasteiger partial charge is 0.140 e. The number of hydrogen-bond acceptors (Lipinski definition) is 3. The van der Waals surface area contributed by atoms with Crippen molar-refractivity contribution in [1.29, 1.82) is 0 Å². The fourth-order valence-electron chi connectivity index (χ4n) is 2.15. The molecule has 1 fully saturated rings. The van der Waals surface area contributed by atoms with Crippen LogP contribution in [0.3, 0.4) is 0 Å². The summed E-state index contributed by atoms with van der Waals surface area (Å²) in [5.74, 6) is 0.910. The van der Waals surface area contributed by atoms with Crippen LogP contribution < -0.4 is 11.1 Å². The van der Waals surface area contributed by atoms with E-state index in [1.807, 2.05) is 13.1 Å². The second-order valence-electron chi connectivity index (χ2n) is 4.54. The maximum absolute atomic E-state index is 6.10. The molecule has 1 aliphatic rings. The van der Waals surface area contributed by atoms with E-state index in [9.17, 15) is 0 Å². The van der Waals surface area contributed by atoms with E-state index in [4.69, 9.17) is 5.73 Å². The Morgan fingerprint density at radius 3 is 2.88 bits per heavy atom. The van der Waals surface area contributed by atoms with Gasteiger partial charge in [0.15, 0.2) is 0 Å². The van der Waals surface area contributed by atoms with Crippen molar-refractivity contribution in [3.8, 4) is 0 Å². The van der Waals surface area contributed by atoms with Crippen molar-refractivity contribution in [3.63, 3.8) is 0 Å². The van der Waals surface area contributed by atoms with Crippen LogP contribution in [0.4, 0.5) is 5.82 Å². The average molecular weight is 284 g/mol. The SMILES string of the molecule is Cc1cnc(N[C@@H]2CCCC[C@H]2N)c(Br)c1. The summed E-state index contributed by atoms with van der Waals surface area (Å²) >= 11 is 3.53. The molecular weight excluding hydrogens is 266 g/mol. The molecule has 1 aliphatic carbocycles. The summed E-state index contributed by atoms with van der Waals surface area (Å²) < 4.78 is 1.02. The molecule has 16 heavy (non-hydrogen) atoms. The van der Waals surface area contributed by atoms with Crippen LogP contribution in [0.15, 0.2) is 16.7 Å². The molecule has 0 radical (unpaired) electrons. The van der Waals surface area contributed by atoms with E-state index in [-0.39, 0.29) is 6.04 Å². The van der Waals surface area contributed by atoms with Crippen LogP contribution in [0.5, 0.6) is 0 Å². The van der Waals surface area contributed by atoms with Gasteiger partial charge in [0.25, 0.3) is 0 Å². The van der Waals surface area contributed by atoms with Gasteiger partial charge in [-0.15, -0.1) is 0 Å². The van der Waals surface area contributed by atoms with Crippen LogP contribution in [0.25, 0.3) is 0 Å². The minimum Gasteiger partial charge on any atom is -0.365 e. The Balaban J connectivity index is 2.07. The summed E-state index contributed by atoms with van der Waals surface area (Å²) in [6.07, 6.45) is 6.64. The van der Waals surface area contributed by atoms with Crippen LogP contribution in [0.1, 0.15) is 31.2 Å². The first-order valence-electron chi connectivity index (χ1n) is 5.81. The molecular formula is C12H18BrN3. The van der Waals surface area contributed by atoms with Crippen molar-refractivity contribution in [1.82, 2.24) is 4.98 Å². The standard InChI is InChI=1S/C12H18BrN3/c1-8-6-9(13)12(15-7-8)16-11-5-3-2-4-10(11)14/h6-7,10-11H,2-5,14H2,1H3,(H,15,16)/t10-,11-/m1/s1. The summed E-state index contributed by atoms with van der Waals surface area (Å²) in [5.41, 5.74) is 7.26. The van der Waals surface area contributed by atoms with Gasteiger partial charge in [-0.25, -0.2) is 4.98 Å². The van der Waals surface area contributed by atoms with E-state index in [1.165, 1.54) is 12.8 Å². The zero-order chi connectivity index (χ0) is 11.5. The van der Waals surface area contributed by atoms with E-state index in [2.05, 4.69) is 32.3 Å². The third-order valence-corrected chi connectivity index (χ3v) is 3.72.